The Morgan fingerprint density at radius 2 is 1.41 bits per heavy atom. The summed E-state index contributed by atoms with van der Waals surface area (Å²) in [7, 11) is 11.7. The zero-order valence-electron chi connectivity index (χ0n) is 28.3. The van der Waals surface area contributed by atoms with Crippen LogP contribution in [-0.2, 0) is 19.1 Å². The quantitative estimate of drug-likeness (QED) is 0.307. The lowest BCUT2D eigenvalue weighted by molar-refractivity contribution is -0.124. The molecule has 0 spiro atoms. The van der Waals surface area contributed by atoms with Crippen molar-refractivity contribution >= 4 is 17.6 Å². The molecule has 0 aromatic rings. The molecule has 5 aliphatic heterocycles. The monoisotopic (exact) mass is 629 g/mol. The molecule has 0 aliphatic carbocycles. The molecule has 6 N–H and O–H groups in total. The highest BCUT2D eigenvalue weighted by molar-refractivity contribution is 5.81. The van der Waals surface area contributed by atoms with E-state index in [1.807, 2.05) is 26.0 Å². The molecule has 2 amide bonds. The standard InChI is InChI=1S/C7H14N2O.C7H15NO.C6H12N2O2.C6H11NO.C5H11NO/c1-9-5-3-2-4-6(9)7(8)10;1-8-5-3-4-7(8)6-9-2;1-8-3-4(9)2-5(8)6(7)10;1-7-4-2-3-6(8)5-7;1-6-3-2-5(7)4-6/h6H,2-5H2,1H3,(H2,8,10);7H,3-6H2,1-2H3;4-5,9H,2-3H2,1H3,(H2,7,10);2-5H2,1H3;5,7H,2-4H2,1H3. The SMILES string of the molecule is CN1CC(O)CC1C(N)=O.CN1CCC(O)C1.CN1CCCC(=O)C1.CN1CCCCC1C(N)=O.COCC1CCCN1C. The number of methoxy groups -OCH3 is 1. The number of rotatable bonds is 4. The van der Waals surface area contributed by atoms with Crippen LogP contribution in [0.5, 0.6) is 0 Å². The van der Waals surface area contributed by atoms with E-state index < -0.39 is 0 Å². The second-order valence-electron chi connectivity index (χ2n) is 13.0. The molecule has 0 saturated carbocycles. The van der Waals surface area contributed by atoms with Crippen LogP contribution in [0, 0.1) is 0 Å². The van der Waals surface area contributed by atoms with E-state index in [1.165, 1.54) is 25.8 Å². The zero-order valence-corrected chi connectivity index (χ0v) is 28.3. The first kappa shape index (κ1) is 40.3. The number of amides is 2. The minimum atomic E-state index is -0.387. The van der Waals surface area contributed by atoms with Gasteiger partial charge in [0.05, 0.1) is 37.4 Å². The maximum atomic E-state index is 10.7. The molecule has 5 rings (SSSR count). The van der Waals surface area contributed by atoms with Crippen molar-refractivity contribution < 1.29 is 29.3 Å². The van der Waals surface area contributed by atoms with Crippen LogP contribution < -0.4 is 11.5 Å². The number of aliphatic hydroxyl groups is 2. The van der Waals surface area contributed by atoms with Crippen molar-refractivity contribution in [1.82, 2.24) is 24.5 Å². The van der Waals surface area contributed by atoms with Crippen molar-refractivity contribution in [3.63, 3.8) is 0 Å². The molecule has 5 fully saturated rings. The van der Waals surface area contributed by atoms with Gasteiger partial charge in [-0.1, -0.05) is 6.42 Å². The number of β-amino-alcohol motifs (C(OH)–C–C–N with tert-alkyl or cyclic N) is 2. The van der Waals surface area contributed by atoms with E-state index in [0.29, 0.717) is 31.3 Å². The highest BCUT2D eigenvalue weighted by Crippen LogP contribution is 2.15. The number of carbonyl (C=O) groups is 3. The summed E-state index contributed by atoms with van der Waals surface area (Å²) in [6, 6.07) is 0.416. The van der Waals surface area contributed by atoms with Crippen LogP contribution in [0.3, 0.4) is 0 Å². The molecule has 0 radical (unpaired) electrons. The number of ether oxygens (including phenoxy) is 1. The van der Waals surface area contributed by atoms with Gasteiger partial charge in [0.25, 0.3) is 0 Å². The number of piperidine rings is 2. The van der Waals surface area contributed by atoms with Gasteiger partial charge in [-0.25, -0.2) is 0 Å². The van der Waals surface area contributed by atoms with Crippen LogP contribution >= 0.6 is 0 Å². The Morgan fingerprint density at radius 1 is 0.750 bits per heavy atom. The molecule has 5 atom stereocenters. The molecular weight excluding hydrogens is 566 g/mol. The summed E-state index contributed by atoms with van der Waals surface area (Å²) < 4.78 is 5.05. The summed E-state index contributed by atoms with van der Waals surface area (Å²) in [4.78, 5) is 42.4. The minimum Gasteiger partial charge on any atom is -0.392 e. The van der Waals surface area contributed by atoms with E-state index in [4.69, 9.17) is 26.4 Å². The van der Waals surface area contributed by atoms with Crippen LogP contribution in [0.4, 0.5) is 0 Å². The Bertz CT molecular complexity index is 813. The maximum Gasteiger partial charge on any atom is 0.234 e. The highest BCUT2D eigenvalue weighted by atomic mass is 16.5. The number of likely N-dealkylation sites (N-methyl/N-ethyl adjacent to an activating group) is 5. The Balaban J connectivity index is 0.000000276. The smallest absolute Gasteiger partial charge is 0.234 e. The molecule has 13 heteroatoms. The van der Waals surface area contributed by atoms with Crippen molar-refractivity contribution in [2.45, 2.75) is 88.1 Å². The third kappa shape index (κ3) is 16.6. The Morgan fingerprint density at radius 3 is 1.73 bits per heavy atom. The second-order valence-corrected chi connectivity index (χ2v) is 13.0. The lowest BCUT2D eigenvalue weighted by atomic mass is 10.0. The van der Waals surface area contributed by atoms with Gasteiger partial charge in [-0.05, 0) is 99.8 Å². The number of nitrogens with two attached hydrogens (primary N) is 2. The van der Waals surface area contributed by atoms with Gasteiger partial charge in [-0.15, -0.1) is 0 Å². The van der Waals surface area contributed by atoms with E-state index in [1.54, 1.807) is 19.1 Å². The minimum absolute atomic E-state index is 0.00579. The van der Waals surface area contributed by atoms with Gasteiger partial charge in [-0.3, -0.25) is 29.1 Å². The number of hydrogen-bond acceptors (Lipinski definition) is 11. The molecular formula is C31H63N7O6. The van der Waals surface area contributed by atoms with Crippen molar-refractivity contribution in [3.05, 3.63) is 0 Å². The van der Waals surface area contributed by atoms with Gasteiger partial charge >= 0.3 is 0 Å². The number of primary amides is 2. The summed E-state index contributed by atoms with van der Waals surface area (Å²) in [6.07, 6.45) is 8.76. The maximum absolute atomic E-state index is 10.7. The first-order valence-corrected chi connectivity index (χ1v) is 16.2. The summed E-state index contributed by atoms with van der Waals surface area (Å²) in [6.45, 7) is 7.37. The lowest BCUT2D eigenvalue weighted by Crippen LogP contribution is -2.45. The van der Waals surface area contributed by atoms with Gasteiger partial charge in [-0.2, -0.15) is 0 Å². The van der Waals surface area contributed by atoms with Crippen LogP contribution in [-0.4, -0.2) is 177 Å². The molecule has 5 aliphatic rings. The van der Waals surface area contributed by atoms with Gasteiger partial charge in [0.1, 0.15) is 5.78 Å². The second kappa shape index (κ2) is 21.9. The topological polar surface area (TPSA) is 169 Å². The van der Waals surface area contributed by atoms with Crippen molar-refractivity contribution in [2.24, 2.45) is 11.5 Å². The molecule has 5 unspecified atom stereocenters. The predicted octanol–water partition coefficient (Wildman–Crippen LogP) is -0.816. The Labute approximate surface area is 265 Å². The molecule has 5 heterocycles. The fraction of sp³-hybridized carbons (Fsp3) is 0.903. The Hall–Kier alpha value is -1.71. The largest absolute Gasteiger partial charge is 0.392 e. The number of Topliss-reactive ketones (excluding diaryl/α,β-unsaturated/α-hetero) is 1. The number of likely N-dealkylation sites (tertiary alicyclic amines) is 5. The summed E-state index contributed by atoms with van der Waals surface area (Å²) >= 11 is 0. The Kier molecular flexibility index (Phi) is 20.1. The lowest BCUT2D eigenvalue weighted by Gasteiger charge is -2.29. The van der Waals surface area contributed by atoms with E-state index in [0.717, 1.165) is 64.9 Å². The van der Waals surface area contributed by atoms with Gasteiger partial charge in [0.15, 0.2) is 0 Å². The molecule has 258 valence electrons. The number of carbonyl (C=O) groups excluding carboxylic acids is 3. The van der Waals surface area contributed by atoms with Gasteiger partial charge < -0.3 is 36.2 Å². The summed E-state index contributed by atoms with van der Waals surface area (Å²) in [5.41, 5.74) is 10.2. The van der Waals surface area contributed by atoms with Crippen LogP contribution in [0.1, 0.15) is 57.8 Å². The number of ketones is 1. The normalized spacial score (nSPS) is 30.1. The number of nitrogens with zero attached hydrogens (tertiary/aromatic N) is 5. The fourth-order valence-corrected chi connectivity index (χ4v) is 6.04. The third-order valence-electron chi connectivity index (χ3n) is 8.79. The van der Waals surface area contributed by atoms with Crippen molar-refractivity contribution in [2.75, 3.05) is 94.8 Å². The van der Waals surface area contributed by atoms with E-state index in [9.17, 15) is 14.4 Å². The number of hydrogen-bond donors (Lipinski definition) is 4. The predicted molar refractivity (Wildman–Crippen MR) is 173 cm³/mol. The molecule has 0 bridgehead atoms. The average molecular weight is 630 g/mol. The van der Waals surface area contributed by atoms with E-state index >= 15 is 0 Å². The third-order valence-corrected chi connectivity index (χ3v) is 8.79. The van der Waals surface area contributed by atoms with Gasteiger partial charge in [0.2, 0.25) is 11.8 Å². The first-order valence-electron chi connectivity index (χ1n) is 16.2. The molecule has 0 aromatic heterocycles. The molecule has 44 heavy (non-hydrogen) atoms. The molecule has 0 aromatic carbocycles. The molecule has 5 saturated heterocycles. The van der Waals surface area contributed by atoms with Gasteiger partial charge in [0, 0.05) is 39.2 Å². The summed E-state index contributed by atoms with van der Waals surface area (Å²) in [5.74, 6) is -0.139. The van der Waals surface area contributed by atoms with Crippen LogP contribution in [0.15, 0.2) is 0 Å². The first-order chi connectivity index (χ1) is 20.7. The highest BCUT2D eigenvalue weighted by Gasteiger charge is 2.31. The average Bonchev–Trinajstić information content (AvgIpc) is 3.64. The van der Waals surface area contributed by atoms with Crippen molar-refractivity contribution in [1.29, 1.82) is 0 Å². The van der Waals surface area contributed by atoms with Crippen LogP contribution in [0.2, 0.25) is 0 Å². The fourth-order valence-electron chi connectivity index (χ4n) is 6.04. The summed E-state index contributed by atoms with van der Waals surface area (Å²) in [5, 5.41) is 17.9. The van der Waals surface area contributed by atoms with E-state index in [2.05, 4.69) is 21.7 Å². The molecule has 13 nitrogen and oxygen atoms in total. The van der Waals surface area contributed by atoms with E-state index in [-0.39, 0.29) is 36.1 Å². The number of aliphatic hydroxyl groups excluding tert-OH is 2. The van der Waals surface area contributed by atoms with Crippen LogP contribution in [0.25, 0.3) is 0 Å². The van der Waals surface area contributed by atoms with Crippen molar-refractivity contribution in [3.8, 4) is 0 Å². The zero-order chi connectivity index (χ0) is 33.2.